The Bertz CT molecular complexity index is 906. The van der Waals surface area contributed by atoms with Crippen LogP contribution in [-0.2, 0) is 30.4 Å². The van der Waals surface area contributed by atoms with E-state index in [-0.39, 0.29) is 31.7 Å². The summed E-state index contributed by atoms with van der Waals surface area (Å²) in [6.07, 6.45) is 3.66. The van der Waals surface area contributed by atoms with Crippen LogP contribution in [0, 0.1) is 5.92 Å². The number of nitrogens with two attached hydrogens (primary N) is 1. The van der Waals surface area contributed by atoms with Crippen molar-refractivity contribution >= 4 is 29.7 Å². The van der Waals surface area contributed by atoms with Crippen LogP contribution in [0.15, 0.2) is 12.5 Å². The van der Waals surface area contributed by atoms with Crippen LogP contribution in [0.25, 0.3) is 0 Å². The number of imidazole rings is 1. The largest absolute Gasteiger partial charge is 0.481 e. The van der Waals surface area contributed by atoms with Gasteiger partial charge in [-0.3, -0.25) is 19.2 Å². The van der Waals surface area contributed by atoms with E-state index in [1.807, 2.05) is 13.8 Å². The fraction of sp³-hybridized carbons (Fsp3) is 0.636. The first-order valence-corrected chi connectivity index (χ1v) is 11.6. The predicted octanol–water partition coefficient (Wildman–Crippen LogP) is -0.764. The van der Waals surface area contributed by atoms with Crippen molar-refractivity contribution in [3.05, 3.63) is 18.2 Å². The van der Waals surface area contributed by atoms with Crippen LogP contribution >= 0.6 is 0 Å². The van der Waals surface area contributed by atoms with Gasteiger partial charge in [0.25, 0.3) is 0 Å². The van der Waals surface area contributed by atoms with Gasteiger partial charge in [0.05, 0.1) is 12.4 Å². The molecule has 13 nitrogen and oxygen atoms in total. The van der Waals surface area contributed by atoms with E-state index in [0.717, 1.165) is 4.90 Å². The Balaban J connectivity index is 2.23. The Morgan fingerprint density at radius 3 is 2.46 bits per heavy atom. The lowest BCUT2D eigenvalue weighted by atomic mass is 9.98. The van der Waals surface area contributed by atoms with Gasteiger partial charge in [0.15, 0.2) is 0 Å². The molecule has 3 amide bonds. The average Bonchev–Trinajstić information content (AvgIpc) is 3.51. The first kappa shape index (κ1) is 27.8. The summed E-state index contributed by atoms with van der Waals surface area (Å²) >= 11 is 0. The van der Waals surface area contributed by atoms with E-state index < -0.39 is 60.2 Å². The van der Waals surface area contributed by atoms with Gasteiger partial charge >= 0.3 is 11.9 Å². The SMILES string of the molecule is CCC(C)C(N)C(=O)NC(Cc1cnc[nH]1)C(=O)NC(CCC(=O)O)C(=O)N1CCCC1C(=O)O. The minimum absolute atomic E-state index is 0.0199. The predicted molar refractivity (Wildman–Crippen MR) is 123 cm³/mol. The van der Waals surface area contributed by atoms with E-state index in [2.05, 4.69) is 20.6 Å². The summed E-state index contributed by atoms with van der Waals surface area (Å²) in [5.74, 6) is -4.42. The van der Waals surface area contributed by atoms with Gasteiger partial charge in [-0.05, 0) is 25.2 Å². The molecule has 0 aliphatic carbocycles. The number of aromatic nitrogens is 2. The molecule has 0 saturated carbocycles. The van der Waals surface area contributed by atoms with Crippen LogP contribution in [0.1, 0.15) is 51.6 Å². The Hall–Kier alpha value is -3.48. The molecule has 1 aromatic rings. The molecule has 1 aliphatic heterocycles. The van der Waals surface area contributed by atoms with Crippen molar-refractivity contribution in [2.45, 2.75) is 76.5 Å². The topological polar surface area (TPSA) is 208 Å². The van der Waals surface area contributed by atoms with Gasteiger partial charge in [0.1, 0.15) is 18.1 Å². The third kappa shape index (κ3) is 7.77. The second kappa shape index (κ2) is 12.8. The number of likely N-dealkylation sites (tertiary alicyclic amines) is 1. The zero-order valence-electron chi connectivity index (χ0n) is 19.9. The Morgan fingerprint density at radius 2 is 1.89 bits per heavy atom. The molecule has 2 rings (SSSR count). The van der Waals surface area contributed by atoms with Crippen molar-refractivity contribution in [1.82, 2.24) is 25.5 Å². The van der Waals surface area contributed by atoms with Crippen molar-refractivity contribution < 1.29 is 34.2 Å². The highest BCUT2D eigenvalue weighted by Crippen LogP contribution is 2.20. The molecule has 0 spiro atoms. The van der Waals surface area contributed by atoms with Crippen LogP contribution in [0.5, 0.6) is 0 Å². The Labute approximate surface area is 202 Å². The number of hydrogen-bond acceptors (Lipinski definition) is 7. The minimum Gasteiger partial charge on any atom is -0.481 e. The van der Waals surface area contributed by atoms with Gasteiger partial charge in [-0.15, -0.1) is 0 Å². The summed E-state index contributed by atoms with van der Waals surface area (Å²) in [5.41, 5.74) is 6.55. The summed E-state index contributed by atoms with van der Waals surface area (Å²) in [6.45, 7) is 3.88. The van der Waals surface area contributed by atoms with E-state index in [1.54, 1.807) is 0 Å². The van der Waals surface area contributed by atoms with Gasteiger partial charge in [0.2, 0.25) is 17.7 Å². The zero-order chi connectivity index (χ0) is 26.1. The third-order valence-corrected chi connectivity index (χ3v) is 6.25. The molecule has 0 aromatic carbocycles. The molecule has 194 valence electrons. The van der Waals surface area contributed by atoms with Crippen LogP contribution < -0.4 is 16.4 Å². The van der Waals surface area contributed by atoms with E-state index in [9.17, 15) is 29.1 Å². The number of amides is 3. The summed E-state index contributed by atoms with van der Waals surface area (Å²) in [5, 5.41) is 23.7. The van der Waals surface area contributed by atoms with Gasteiger partial charge in [-0.1, -0.05) is 20.3 Å². The number of rotatable bonds is 13. The lowest BCUT2D eigenvalue weighted by Crippen LogP contribution is -2.58. The molecule has 1 aliphatic rings. The third-order valence-electron chi connectivity index (χ3n) is 6.25. The quantitative estimate of drug-likeness (QED) is 0.203. The zero-order valence-corrected chi connectivity index (χ0v) is 19.9. The fourth-order valence-electron chi connectivity index (χ4n) is 3.89. The van der Waals surface area contributed by atoms with Gasteiger partial charge < -0.3 is 36.5 Å². The van der Waals surface area contributed by atoms with Crippen molar-refractivity contribution in [3.63, 3.8) is 0 Å². The Morgan fingerprint density at radius 1 is 1.20 bits per heavy atom. The van der Waals surface area contributed by atoms with Crippen molar-refractivity contribution in [2.75, 3.05) is 6.54 Å². The first-order chi connectivity index (χ1) is 16.5. The smallest absolute Gasteiger partial charge is 0.326 e. The molecular formula is C22H34N6O7. The molecule has 0 bridgehead atoms. The average molecular weight is 495 g/mol. The van der Waals surface area contributed by atoms with Gasteiger partial charge in [-0.2, -0.15) is 0 Å². The van der Waals surface area contributed by atoms with Gasteiger partial charge in [-0.25, -0.2) is 9.78 Å². The standard InChI is InChI=1S/C22H34N6O7/c1-3-12(2)18(23)20(32)27-15(9-13-10-24-11-25-13)19(31)26-14(6-7-17(29)30)21(33)28-8-4-5-16(28)22(34)35/h10-12,14-16,18H,3-9,23H2,1-2H3,(H,24,25)(H,26,31)(H,27,32)(H,29,30)(H,34,35). The molecule has 35 heavy (non-hydrogen) atoms. The molecule has 5 unspecified atom stereocenters. The molecule has 5 atom stereocenters. The lowest BCUT2D eigenvalue weighted by Gasteiger charge is -2.29. The molecule has 2 heterocycles. The number of aromatic amines is 1. The molecule has 1 aromatic heterocycles. The highest BCUT2D eigenvalue weighted by atomic mass is 16.4. The maximum absolute atomic E-state index is 13.2. The van der Waals surface area contributed by atoms with E-state index in [1.165, 1.54) is 12.5 Å². The van der Waals surface area contributed by atoms with Crippen molar-refractivity contribution in [1.29, 1.82) is 0 Å². The summed E-state index contributed by atoms with van der Waals surface area (Å²) in [4.78, 5) is 69.6. The molecule has 1 fully saturated rings. The van der Waals surface area contributed by atoms with E-state index >= 15 is 0 Å². The minimum atomic E-state index is -1.28. The van der Waals surface area contributed by atoms with Crippen molar-refractivity contribution in [2.24, 2.45) is 11.7 Å². The number of carboxylic acids is 2. The normalized spacial score (nSPS) is 18.8. The maximum Gasteiger partial charge on any atom is 0.326 e. The molecule has 1 saturated heterocycles. The molecule has 7 N–H and O–H groups in total. The number of nitrogens with zero attached hydrogens (tertiary/aromatic N) is 2. The van der Waals surface area contributed by atoms with Crippen LogP contribution in [0.4, 0.5) is 0 Å². The highest BCUT2D eigenvalue weighted by molar-refractivity contribution is 5.94. The first-order valence-electron chi connectivity index (χ1n) is 11.6. The number of aliphatic carboxylic acids is 2. The van der Waals surface area contributed by atoms with Crippen molar-refractivity contribution in [3.8, 4) is 0 Å². The van der Waals surface area contributed by atoms with E-state index in [4.69, 9.17) is 10.8 Å². The number of carbonyl (C=O) groups is 5. The summed E-state index contributed by atoms with van der Waals surface area (Å²) < 4.78 is 0. The number of H-pyrrole nitrogens is 1. The second-order valence-electron chi connectivity index (χ2n) is 8.77. The fourth-order valence-corrected chi connectivity index (χ4v) is 3.89. The number of carbonyl (C=O) groups excluding carboxylic acids is 3. The molecule has 13 heteroatoms. The molecular weight excluding hydrogens is 460 g/mol. The van der Waals surface area contributed by atoms with Crippen LogP contribution in [-0.4, -0.2) is 85.5 Å². The van der Waals surface area contributed by atoms with Crippen LogP contribution in [0.3, 0.4) is 0 Å². The van der Waals surface area contributed by atoms with Crippen LogP contribution in [0.2, 0.25) is 0 Å². The number of hydrogen-bond donors (Lipinski definition) is 6. The number of carboxylic acid groups (broad SMARTS) is 2. The highest BCUT2D eigenvalue weighted by Gasteiger charge is 2.38. The van der Waals surface area contributed by atoms with E-state index in [0.29, 0.717) is 18.5 Å². The second-order valence-corrected chi connectivity index (χ2v) is 8.77. The summed E-state index contributed by atoms with van der Waals surface area (Å²) in [6, 6.07) is -4.31. The van der Waals surface area contributed by atoms with Gasteiger partial charge in [0, 0.05) is 31.3 Å². The Kier molecular flexibility index (Phi) is 10.2. The number of nitrogens with one attached hydrogen (secondary N) is 3. The summed E-state index contributed by atoms with van der Waals surface area (Å²) in [7, 11) is 0. The monoisotopic (exact) mass is 494 g/mol. The lowest BCUT2D eigenvalue weighted by molar-refractivity contribution is -0.150. The maximum atomic E-state index is 13.2. The molecule has 0 radical (unpaired) electrons.